The highest BCUT2D eigenvalue weighted by Gasteiger charge is 2.06. The number of rotatable bonds is 8. The maximum Gasteiger partial charge on any atom is 0.120 e. The van der Waals surface area contributed by atoms with Crippen molar-refractivity contribution in [2.45, 2.75) is 6.54 Å². The summed E-state index contributed by atoms with van der Waals surface area (Å²) in [5.74, 6) is 0.685. The molecule has 0 aliphatic carbocycles. The molecule has 1 heterocycles. The minimum atomic E-state index is 0.101. The number of aliphatic hydroxyl groups excluding tert-OH is 1. The second-order valence-electron chi connectivity index (χ2n) is 4.85. The minimum Gasteiger partial charge on any atom is -0.492 e. The number of aromatic nitrogens is 1. The second kappa shape index (κ2) is 8.78. The predicted molar refractivity (Wildman–Crippen MR) is 83.3 cm³/mol. The topological polar surface area (TPSA) is 69.4 Å². The molecule has 0 spiro atoms. The quantitative estimate of drug-likeness (QED) is 0.805. The Bertz CT molecular complexity index is 611. The van der Waals surface area contributed by atoms with Gasteiger partial charge in [0.15, 0.2) is 0 Å². The van der Waals surface area contributed by atoms with E-state index in [9.17, 15) is 0 Å². The number of nitriles is 1. The van der Waals surface area contributed by atoms with Crippen molar-refractivity contribution >= 4 is 0 Å². The summed E-state index contributed by atoms with van der Waals surface area (Å²) in [6.07, 6.45) is 3.56. The van der Waals surface area contributed by atoms with Crippen LogP contribution in [0.5, 0.6) is 5.75 Å². The summed E-state index contributed by atoms with van der Waals surface area (Å²) in [5.41, 5.74) is 1.68. The lowest BCUT2D eigenvalue weighted by Gasteiger charge is -2.21. The highest BCUT2D eigenvalue weighted by atomic mass is 16.5. The van der Waals surface area contributed by atoms with Gasteiger partial charge in [0.1, 0.15) is 12.4 Å². The highest BCUT2D eigenvalue weighted by Crippen LogP contribution is 2.12. The van der Waals surface area contributed by atoms with Crippen LogP contribution in [0.2, 0.25) is 0 Å². The molecule has 2 aromatic rings. The molecule has 0 radical (unpaired) electrons. The van der Waals surface area contributed by atoms with Gasteiger partial charge in [-0.05, 0) is 29.8 Å². The molecule has 22 heavy (non-hydrogen) atoms. The van der Waals surface area contributed by atoms with Crippen LogP contribution in [0.1, 0.15) is 11.1 Å². The molecule has 0 bridgehead atoms. The fraction of sp³-hybridized carbons (Fsp3) is 0.294. The zero-order valence-electron chi connectivity index (χ0n) is 12.4. The molecule has 1 aromatic heterocycles. The van der Waals surface area contributed by atoms with Crippen molar-refractivity contribution in [1.29, 1.82) is 5.26 Å². The first-order chi connectivity index (χ1) is 10.8. The maximum atomic E-state index is 9.17. The van der Waals surface area contributed by atoms with E-state index in [1.807, 2.05) is 24.4 Å². The SMILES string of the molecule is N#Cc1cccc(OCCN(CCO)Cc2cccnc2)c1. The summed E-state index contributed by atoms with van der Waals surface area (Å²) < 4.78 is 5.67. The molecule has 0 saturated heterocycles. The molecular formula is C17H19N3O2. The van der Waals surface area contributed by atoms with Crippen LogP contribution >= 0.6 is 0 Å². The van der Waals surface area contributed by atoms with Gasteiger partial charge < -0.3 is 9.84 Å². The Balaban J connectivity index is 1.85. The van der Waals surface area contributed by atoms with E-state index >= 15 is 0 Å². The number of aliphatic hydroxyl groups is 1. The molecule has 5 nitrogen and oxygen atoms in total. The van der Waals surface area contributed by atoms with Crippen LogP contribution in [0.4, 0.5) is 0 Å². The molecule has 0 fully saturated rings. The molecular weight excluding hydrogens is 278 g/mol. The van der Waals surface area contributed by atoms with Crippen LogP contribution < -0.4 is 4.74 Å². The molecule has 0 amide bonds. The fourth-order valence-electron chi connectivity index (χ4n) is 2.11. The van der Waals surface area contributed by atoms with E-state index in [0.717, 1.165) is 12.1 Å². The maximum absolute atomic E-state index is 9.17. The fourth-order valence-corrected chi connectivity index (χ4v) is 2.11. The average Bonchev–Trinajstić information content (AvgIpc) is 2.56. The molecule has 1 aromatic carbocycles. The van der Waals surface area contributed by atoms with Gasteiger partial charge in [0, 0.05) is 32.0 Å². The Morgan fingerprint density at radius 3 is 2.86 bits per heavy atom. The first-order valence-electron chi connectivity index (χ1n) is 7.17. The Kier molecular flexibility index (Phi) is 6.37. The lowest BCUT2D eigenvalue weighted by atomic mass is 10.2. The van der Waals surface area contributed by atoms with Crippen molar-refractivity contribution in [2.75, 3.05) is 26.3 Å². The van der Waals surface area contributed by atoms with E-state index < -0.39 is 0 Å². The molecule has 114 valence electrons. The van der Waals surface area contributed by atoms with Gasteiger partial charge in [0.25, 0.3) is 0 Å². The van der Waals surface area contributed by atoms with Gasteiger partial charge in [-0.1, -0.05) is 12.1 Å². The molecule has 0 aliphatic rings. The van der Waals surface area contributed by atoms with Crippen molar-refractivity contribution in [3.05, 3.63) is 59.9 Å². The predicted octanol–water partition coefficient (Wildman–Crippen LogP) is 1.83. The summed E-state index contributed by atoms with van der Waals surface area (Å²) in [5, 5.41) is 18.0. The third-order valence-electron chi connectivity index (χ3n) is 3.18. The molecule has 0 unspecified atom stereocenters. The summed E-state index contributed by atoms with van der Waals surface area (Å²) in [4.78, 5) is 6.20. The third kappa shape index (κ3) is 5.17. The number of pyridine rings is 1. The van der Waals surface area contributed by atoms with Gasteiger partial charge in [0.05, 0.1) is 18.2 Å². The van der Waals surface area contributed by atoms with Gasteiger partial charge >= 0.3 is 0 Å². The summed E-state index contributed by atoms with van der Waals surface area (Å²) >= 11 is 0. The summed E-state index contributed by atoms with van der Waals surface area (Å²) in [6.45, 7) is 2.58. The van der Waals surface area contributed by atoms with Crippen molar-refractivity contribution in [3.8, 4) is 11.8 Å². The number of nitrogens with zero attached hydrogens (tertiary/aromatic N) is 3. The van der Waals surface area contributed by atoms with Crippen LogP contribution in [0, 0.1) is 11.3 Å². The van der Waals surface area contributed by atoms with E-state index in [0.29, 0.717) is 31.0 Å². The van der Waals surface area contributed by atoms with Gasteiger partial charge in [-0.15, -0.1) is 0 Å². The zero-order valence-corrected chi connectivity index (χ0v) is 12.4. The monoisotopic (exact) mass is 297 g/mol. The van der Waals surface area contributed by atoms with Gasteiger partial charge in [0.2, 0.25) is 0 Å². The van der Waals surface area contributed by atoms with Gasteiger partial charge in [-0.25, -0.2) is 0 Å². The Morgan fingerprint density at radius 1 is 1.23 bits per heavy atom. The first kappa shape index (κ1) is 16.0. The van der Waals surface area contributed by atoms with Crippen LogP contribution in [0.3, 0.4) is 0 Å². The Morgan fingerprint density at radius 2 is 2.14 bits per heavy atom. The van der Waals surface area contributed by atoms with Crippen molar-refractivity contribution in [2.24, 2.45) is 0 Å². The number of benzene rings is 1. The lowest BCUT2D eigenvalue weighted by Crippen LogP contribution is -2.30. The Labute approximate surface area is 130 Å². The number of hydrogen-bond donors (Lipinski definition) is 1. The average molecular weight is 297 g/mol. The second-order valence-corrected chi connectivity index (χ2v) is 4.85. The van der Waals surface area contributed by atoms with Gasteiger partial charge in [-0.3, -0.25) is 9.88 Å². The normalized spacial score (nSPS) is 10.4. The molecule has 0 aliphatic heterocycles. The molecule has 5 heteroatoms. The van der Waals surface area contributed by atoms with E-state index in [4.69, 9.17) is 15.1 Å². The lowest BCUT2D eigenvalue weighted by molar-refractivity contribution is 0.163. The first-order valence-corrected chi connectivity index (χ1v) is 7.17. The largest absolute Gasteiger partial charge is 0.492 e. The number of ether oxygens (including phenoxy) is 1. The van der Waals surface area contributed by atoms with Crippen LogP contribution in [-0.4, -0.2) is 41.3 Å². The highest BCUT2D eigenvalue weighted by molar-refractivity contribution is 5.36. The van der Waals surface area contributed by atoms with Crippen molar-refractivity contribution < 1.29 is 9.84 Å². The van der Waals surface area contributed by atoms with E-state index in [2.05, 4.69) is 16.0 Å². The van der Waals surface area contributed by atoms with Crippen molar-refractivity contribution in [3.63, 3.8) is 0 Å². The summed E-state index contributed by atoms with van der Waals surface area (Å²) in [6, 6.07) is 13.1. The van der Waals surface area contributed by atoms with Crippen LogP contribution in [0.25, 0.3) is 0 Å². The van der Waals surface area contributed by atoms with E-state index in [-0.39, 0.29) is 6.61 Å². The third-order valence-corrected chi connectivity index (χ3v) is 3.18. The number of hydrogen-bond acceptors (Lipinski definition) is 5. The Hall–Kier alpha value is -2.42. The van der Waals surface area contributed by atoms with E-state index in [1.54, 1.807) is 24.4 Å². The molecule has 2 rings (SSSR count). The smallest absolute Gasteiger partial charge is 0.120 e. The standard InChI is InChI=1S/C17H19N3O2/c18-12-15-3-1-5-17(11-15)22-10-8-20(7-9-21)14-16-4-2-6-19-13-16/h1-6,11,13,21H,7-10,14H2. The molecule has 0 saturated carbocycles. The van der Waals surface area contributed by atoms with Crippen molar-refractivity contribution in [1.82, 2.24) is 9.88 Å². The van der Waals surface area contributed by atoms with E-state index in [1.165, 1.54) is 0 Å². The zero-order chi connectivity index (χ0) is 15.6. The van der Waals surface area contributed by atoms with Crippen LogP contribution in [-0.2, 0) is 6.54 Å². The van der Waals surface area contributed by atoms with Gasteiger partial charge in [-0.2, -0.15) is 5.26 Å². The van der Waals surface area contributed by atoms with Crippen LogP contribution in [0.15, 0.2) is 48.8 Å². The minimum absolute atomic E-state index is 0.101. The molecule has 0 atom stereocenters. The summed E-state index contributed by atoms with van der Waals surface area (Å²) in [7, 11) is 0. The molecule has 1 N–H and O–H groups in total.